The first-order chi connectivity index (χ1) is 15.0. The number of carbonyl (C=O) groups excluding carboxylic acids is 2. The van der Waals surface area contributed by atoms with E-state index in [4.69, 9.17) is 9.47 Å². The standard InChI is InChI=1S/C27H44O4/c1-4-5-6-7-10-13-16-19-30-26(28)17-14-11-8-9-12-15-18-27(29)31-25-21-23(2)20-24(3)22-25/h20-22H,4-19H2,1-3H3. The third-order valence-corrected chi connectivity index (χ3v) is 5.45. The van der Waals surface area contributed by atoms with Crippen molar-refractivity contribution < 1.29 is 19.1 Å². The number of hydrogen-bond acceptors (Lipinski definition) is 4. The van der Waals surface area contributed by atoms with Gasteiger partial charge in [-0.3, -0.25) is 9.59 Å². The zero-order chi connectivity index (χ0) is 22.7. The Hall–Kier alpha value is -1.84. The Morgan fingerprint density at radius 3 is 1.71 bits per heavy atom. The quantitative estimate of drug-likeness (QED) is 0.136. The molecule has 0 radical (unpaired) electrons. The summed E-state index contributed by atoms with van der Waals surface area (Å²) in [7, 11) is 0. The van der Waals surface area contributed by atoms with Gasteiger partial charge < -0.3 is 9.47 Å². The summed E-state index contributed by atoms with van der Waals surface area (Å²) < 4.78 is 10.7. The molecule has 31 heavy (non-hydrogen) atoms. The molecule has 0 aliphatic rings. The summed E-state index contributed by atoms with van der Waals surface area (Å²) in [6.07, 6.45) is 15.6. The van der Waals surface area contributed by atoms with Crippen molar-refractivity contribution in [2.75, 3.05) is 6.61 Å². The highest BCUT2D eigenvalue weighted by atomic mass is 16.5. The molecule has 1 rings (SSSR count). The van der Waals surface area contributed by atoms with Crippen LogP contribution in [0.2, 0.25) is 0 Å². The van der Waals surface area contributed by atoms with Crippen LogP contribution >= 0.6 is 0 Å². The van der Waals surface area contributed by atoms with Crippen LogP contribution in [0, 0.1) is 13.8 Å². The van der Waals surface area contributed by atoms with Gasteiger partial charge in [-0.25, -0.2) is 0 Å². The summed E-state index contributed by atoms with van der Waals surface area (Å²) in [5.41, 5.74) is 2.20. The summed E-state index contributed by atoms with van der Waals surface area (Å²) in [5, 5.41) is 0. The van der Waals surface area contributed by atoms with Gasteiger partial charge in [0.05, 0.1) is 6.61 Å². The molecule has 4 nitrogen and oxygen atoms in total. The molecule has 0 N–H and O–H groups in total. The lowest BCUT2D eigenvalue weighted by Gasteiger charge is -2.07. The SMILES string of the molecule is CCCCCCCCCOC(=O)CCCCCCCCC(=O)Oc1cc(C)cc(C)c1. The monoisotopic (exact) mass is 432 g/mol. The Balaban J connectivity index is 1.90. The second-order valence-corrected chi connectivity index (χ2v) is 8.76. The van der Waals surface area contributed by atoms with Gasteiger partial charge in [0.25, 0.3) is 0 Å². The van der Waals surface area contributed by atoms with Crippen molar-refractivity contribution in [1.82, 2.24) is 0 Å². The lowest BCUT2D eigenvalue weighted by atomic mass is 10.1. The van der Waals surface area contributed by atoms with Gasteiger partial charge in [-0.2, -0.15) is 0 Å². The second kappa shape index (κ2) is 17.8. The van der Waals surface area contributed by atoms with E-state index in [0.29, 0.717) is 25.2 Å². The van der Waals surface area contributed by atoms with E-state index in [2.05, 4.69) is 13.0 Å². The minimum absolute atomic E-state index is 0.0555. The van der Waals surface area contributed by atoms with Crippen molar-refractivity contribution in [3.05, 3.63) is 29.3 Å². The van der Waals surface area contributed by atoms with Crippen molar-refractivity contribution >= 4 is 11.9 Å². The average molecular weight is 433 g/mol. The van der Waals surface area contributed by atoms with Crippen LogP contribution in [0.25, 0.3) is 0 Å². The van der Waals surface area contributed by atoms with E-state index >= 15 is 0 Å². The minimum Gasteiger partial charge on any atom is -0.466 e. The minimum atomic E-state index is -0.159. The molecule has 0 amide bonds. The molecule has 0 saturated heterocycles. The van der Waals surface area contributed by atoms with Gasteiger partial charge in [0.15, 0.2) is 0 Å². The van der Waals surface area contributed by atoms with Crippen molar-refractivity contribution in [2.24, 2.45) is 0 Å². The number of aryl methyl sites for hydroxylation is 2. The molecule has 0 unspecified atom stereocenters. The number of rotatable bonds is 18. The highest BCUT2D eigenvalue weighted by molar-refractivity contribution is 5.72. The lowest BCUT2D eigenvalue weighted by Crippen LogP contribution is -2.07. The van der Waals surface area contributed by atoms with Gasteiger partial charge in [0, 0.05) is 12.8 Å². The van der Waals surface area contributed by atoms with E-state index in [1.54, 1.807) is 0 Å². The van der Waals surface area contributed by atoms with E-state index in [-0.39, 0.29) is 11.9 Å². The maximum absolute atomic E-state index is 12.0. The maximum atomic E-state index is 12.0. The third-order valence-electron chi connectivity index (χ3n) is 5.45. The number of esters is 2. The number of carbonyl (C=O) groups is 2. The van der Waals surface area contributed by atoms with Crippen LogP contribution in [0.15, 0.2) is 18.2 Å². The van der Waals surface area contributed by atoms with Crippen LogP contribution in [0.4, 0.5) is 0 Å². The molecule has 0 aliphatic carbocycles. The van der Waals surface area contributed by atoms with E-state index in [1.165, 1.54) is 32.1 Å². The Kier molecular flexibility index (Phi) is 15.6. The largest absolute Gasteiger partial charge is 0.466 e. The van der Waals surface area contributed by atoms with Crippen LogP contribution < -0.4 is 4.74 Å². The van der Waals surface area contributed by atoms with E-state index in [9.17, 15) is 9.59 Å². The van der Waals surface area contributed by atoms with Gasteiger partial charge in [-0.05, 0) is 56.4 Å². The Morgan fingerprint density at radius 2 is 1.13 bits per heavy atom. The molecule has 0 aliphatic heterocycles. The zero-order valence-corrected chi connectivity index (χ0v) is 20.2. The first-order valence-electron chi connectivity index (χ1n) is 12.5. The number of unbranched alkanes of at least 4 members (excludes halogenated alkanes) is 11. The zero-order valence-electron chi connectivity index (χ0n) is 20.2. The van der Waals surface area contributed by atoms with Gasteiger partial charge in [0.2, 0.25) is 0 Å². The van der Waals surface area contributed by atoms with E-state index < -0.39 is 0 Å². The van der Waals surface area contributed by atoms with Gasteiger partial charge >= 0.3 is 11.9 Å². The van der Waals surface area contributed by atoms with Crippen molar-refractivity contribution in [3.8, 4) is 5.75 Å². The van der Waals surface area contributed by atoms with Crippen LogP contribution in [-0.4, -0.2) is 18.5 Å². The normalized spacial score (nSPS) is 10.8. The van der Waals surface area contributed by atoms with Crippen LogP contribution in [0.3, 0.4) is 0 Å². The van der Waals surface area contributed by atoms with Crippen LogP contribution in [0.5, 0.6) is 5.75 Å². The highest BCUT2D eigenvalue weighted by Crippen LogP contribution is 2.17. The fourth-order valence-electron chi connectivity index (χ4n) is 3.74. The van der Waals surface area contributed by atoms with Crippen molar-refractivity contribution in [1.29, 1.82) is 0 Å². The van der Waals surface area contributed by atoms with Crippen molar-refractivity contribution in [2.45, 2.75) is 117 Å². The van der Waals surface area contributed by atoms with Crippen molar-refractivity contribution in [3.63, 3.8) is 0 Å². The fourth-order valence-corrected chi connectivity index (χ4v) is 3.74. The molecule has 1 aromatic rings. The molecule has 0 atom stereocenters. The molecule has 0 saturated carbocycles. The smallest absolute Gasteiger partial charge is 0.311 e. The number of ether oxygens (including phenoxy) is 2. The van der Waals surface area contributed by atoms with Gasteiger partial charge in [-0.15, -0.1) is 0 Å². The molecular weight excluding hydrogens is 388 g/mol. The predicted octanol–water partition coefficient (Wildman–Crippen LogP) is 7.62. The summed E-state index contributed by atoms with van der Waals surface area (Å²) in [4.78, 5) is 23.7. The predicted molar refractivity (Wildman–Crippen MR) is 127 cm³/mol. The van der Waals surface area contributed by atoms with Gasteiger partial charge in [-0.1, -0.05) is 77.2 Å². The molecule has 1 aromatic carbocycles. The molecule has 0 fully saturated rings. The van der Waals surface area contributed by atoms with E-state index in [0.717, 1.165) is 62.5 Å². The average Bonchev–Trinajstić information content (AvgIpc) is 2.71. The molecule has 4 heteroatoms. The summed E-state index contributed by atoms with van der Waals surface area (Å²) in [6, 6.07) is 5.85. The Bertz CT molecular complexity index is 603. The summed E-state index contributed by atoms with van der Waals surface area (Å²) in [6.45, 7) is 6.80. The maximum Gasteiger partial charge on any atom is 0.311 e. The molecule has 176 valence electrons. The Labute approximate surface area is 190 Å². The summed E-state index contributed by atoms with van der Waals surface area (Å²) in [5.74, 6) is 0.426. The highest BCUT2D eigenvalue weighted by Gasteiger charge is 2.06. The number of hydrogen-bond donors (Lipinski definition) is 0. The molecule has 0 aromatic heterocycles. The molecule has 0 heterocycles. The first-order valence-corrected chi connectivity index (χ1v) is 12.5. The van der Waals surface area contributed by atoms with Crippen LogP contribution in [0.1, 0.15) is 114 Å². The van der Waals surface area contributed by atoms with Gasteiger partial charge in [0.1, 0.15) is 5.75 Å². The molecule has 0 bridgehead atoms. The molecular formula is C27H44O4. The Morgan fingerprint density at radius 1 is 0.645 bits per heavy atom. The first kappa shape index (κ1) is 27.2. The third kappa shape index (κ3) is 15.6. The summed E-state index contributed by atoms with van der Waals surface area (Å²) >= 11 is 0. The van der Waals surface area contributed by atoms with Crippen LogP contribution in [-0.2, 0) is 14.3 Å². The lowest BCUT2D eigenvalue weighted by molar-refractivity contribution is -0.144. The van der Waals surface area contributed by atoms with E-state index in [1.807, 2.05) is 26.0 Å². The second-order valence-electron chi connectivity index (χ2n) is 8.76. The molecule has 0 spiro atoms. The topological polar surface area (TPSA) is 52.6 Å². The number of benzene rings is 1. The fraction of sp³-hybridized carbons (Fsp3) is 0.704.